The fraction of sp³-hybridized carbons (Fsp3) is 0.412. The third-order valence-corrected chi connectivity index (χ3v) is 4.16. The molecule has 0 unspecified atom stereocenters. The first-order valence-corrected chi connectivity index (χ1v) is 8.01. The highest BCUT2D eigenvalue weighted by molar-refractivity contribution is 6.05. The van der Waals surface area contributed by atoms with E-state index in [2.05, 4.69) is 20.2 Å². The second-order valence-electron chi connectivity index (χ2n) is 5.78. The highest BCUT2D eigenvalue weighted by atomic mass is 35.5. The van der Waals surface area contributed by atoms with Gasteiger partial charge in [-0.2, -0.15) is 0 Å². The van der Waals surface area contributed by atoms with E-state index >= 15 is 0 Å². The summed E-state index contributed by atoms with van der Waals surface area (Å²) in [5.41, 5.74) is 2.46. The molecule has 1 aromatic carbocycles. The minimum atomic E-state index is 0. The van der Waals surface area contributed by atoms with E-state index in [4.69, 9.17) is 9.15 Å². The first kappa shape index (κ1) is 17.0. The molecule has 0 saturated carbocycles. The van der Waals surface area contributed by atoms with Crippen LogP contribution in [0.1, 0.15) is 7.25 Å². The summed E-state index contributed by atoms with van der Waals surface area (Å²) in [6.45, 7) is 7.32. The number of nitrogens with zero attached hydrogens (tertiary/aromatic N) is 3. The van der Waals surface area contributed by atoms with E-state index in [9.17, 15) is 0 Å². The maximum absolute atomic E-state index is 5.96. The fourth-order valence-corrected chi connectivity index (χ4v) is 2.98. The van der Waals surface area contributed by atoms with Crippen molar-refractivity contribution in [1.82, 2.24) is 14.9 Å². The van der Waals surface area contributed by atoms with Crippen LogP contribution in [0.2, 0.25) is 0 Å². The van der Waals surface area contributed by atoms with Gasteiger partial charge in [-0.05, 0) is 19.1 Å². The molecular formula is C17H21ClN4O2. The summed E-state index contributed by atoms with van der Waals surface area (Å²) in [4.78, 5) is 11.5. The Morgan fingerprint density at radius 2 is 2.00 bits per heavy atom. The average molecular weight is 349 g/mol. The normalized spacial score (nSPS) is 15.5. The Bertz CT molecular complexity index is 836. The van der Waals surface area contributed by atoms with Gasteiger partial charge in [-0.15, -0.1) is 0 Å². The summed E-state index contributed by atoms with van der Waals surface area (Å²) in [5.74, 6) is 1.52. The molecule has 128 valence electrons. The molecule has 3 aromatic rings. The summed E-state index contributed by atoms with van der Waals surface area (Å²) >= 11 is 0. The van der Waals surface area contributed by atoms with Crippen molar-refractivity contribution in [1.29, 1.82) is 0 Å². The van der Waals surface area contributed by atoms with E-state index in [0.717, 1.165) is 73.1 Å². The summed E-state index contributed by atoms with van der Waals surface area (Å²) in [7, 11) is 0. The molecule has 3 heterocycles. The third kappa shape index (κ3) is 3.31. The molecule has 0 aliphatic carbocycles. The number of benzene rings is 1. The van der Waals surface area contributed by atoms with Gasteiger partial charge in [0.15, 0.2) is 11.4 Å². The first-order valence-electron chi connectivity index (χ1n) is 8.01. The second-order valence-corrected chi connectivity index (χ2v) is 5.78. The van der Waals surface area contributed by atoms with Gasteiger partial charge in [-0.1, -0.05) is 12.1 Å². The van der Waals surface area contributed by atoms with Crippen LogP contribution in [0.3, 0.4) is 0 Å². The van der Waals surface area contributed by atoms with Crippen molar-refractivity contribution in [2.24, 2.45) is 0 Å². The molecule has 4 rings (SSSR count). The SMILES string of the molecule is Cc1nc(NCCN2CCOCC2)c2oc3ccccc3c2n1.[Cl-].[H+]. The number of anilines is 1. The molecule has 0 spiro atoms. The fourth-order valence-electron chi connectivity index (χ4n) is 2.98. The molecule has 6 nitrogen and oxygen atoms in total. The van der Waals surface area contributed by atoms with Gasteiger partial charge >= 0.3 is 1.43 Å². The highest BCUT2D eigenvalue weighted by Crippen LogP contribution is 2.30. The van der Waals surface area contributed by atoms with Gasteiger partial charge in [0.1, 0.15) is 16.9 Å². The second kappa shape index (κ2) is 7.34. The Morgan fingerprint density at radius 3 is 2.83 bits per heavy atom. The maximum atomic E-state index is 5.96. The maximum Gasteiger partial charge on any atom is 1.00 e. The van der Waals surface area contributed by atoms with Gasteiger partial charge in [0, 0.05) is 31.6 Å². The van der Waals surface area contributed by atoms with Gasteiger partial charge in [0.05, 0.1) is 13.2 Å². The lowest BCUT2D eigenvalue weighted by atomic mass is 10.2. The van der Waals surface area contributed by atoms with Gasteiger partial charge in [0.2, 0.25) is 0 Å². The molecule has 0 amide bonds. The lowest BCUT2D eigenvalue weighted by Gasteiger charge is -2.26. The van der Waals surface area contributed by atoms with Gasteiger partial charge < -0.3 is 26.9 Å². The number of morpholine rings is 1. The van der Waals surface area contributed by atoms with Crippen molar-refractivity contribution in [3.63, 3.8) is 0 Å². The molecule has 1 aliphatic heterocycles. The van der Waals surface area contributed by atoms with E-state index in [1.54, 1.807) is 0 Å². The molecule has 7 heteroatoms. The standard InChI is InChI=1S/C17H20N4O2.ClH/c1-12-19-15-13-4-2-3-5-14(13)23-16(15)17(20-12)18-6-7-21-8-10-22-11-9-21;/h2-5H,6-11H2,1H3,(H,18,19,20);1H. The van der Waals surface area contributed by atoms with Crippen molar-refractivity contribution in [3.05, 3.63) is 30.1 Å². The van der Waals surface area contributed by atoms with E-state index < -0.39 is 0 Å². The quantitative estimate of drug-likeness (QED) is 0.689. The lowest BCUT2D eigenvalue weighted by molar-refractivity contribution is -0.00000682. The first-order chi connectivity index (χ1) is 11.3. The van der Waals surface area contributed by atoms with Crippen molar-refractivity contribution in [2.45, 2.75) is 6.92 Å². The highest BCUT2D eigenvalue weighted by Gasteiger charge is 2.15. The molecule has 1 saturated heterocycles. The zero-order valence-corrected chi connectivity index (χ0v) is 14.3. The topological polar surface area (TPSA) is 63.4 Å². The number of aromatic nitrogens is 2. The molecule has 0 atom stereocenters. The molecule has 0 bridgehead atoms. The molecule has 1 N–H and O–H groups in total. The molecule has 1 aliphatic rings. The number of aryl methyl sites for hydroxylation is 1. The van der Waals surface area contributed by atoms with Gasteiger partial charge in [0.25, 0.3) is 0 Å². The van der Waals surface area contributed by atoms with E-state index in [1.807, 2.05) is 31.2 Å². The lowest BCUT2D eigenvalue weighted by Crippen LogP contribution is -3.00. The Kier molecular flexibility index (Phi) is 5.18. The van der Waals surface area contributed by atoms with Crippen molar-refractivity contribution in [3.8, 4) is 0 Å². The average Bonchev–Trinajstić information content (AvgIpc) is 2.95. The minimum Gasteiger partial charge on any atom is -1.00 e. The third-order valence-electron chi connectivity index (χ3n) is 4.16. The van der Waals surface area contributed by atoms with Crippen LogP contribution in [0.4, 0.5) is 5.82 Å². The predicted molar refractivity (Wildman–Crippen MR) is 90.9 cm³/mol. The number of hydrogen-bond acceptors (Lipinski definition) is 6. The number of fused-ring (bicyclic) bond motifs is 3. The van der Waals surface area contributed by atoms with Gasteiger partial charge in [-0.3, -0.25) is 4.90 Å². The molecule has 1 fully saturated rings. The zero-order chi connectivity index (χ0) is 15.6. The Morgan fingerprint density at radius 1 is 1.21 bits per heavy atom. The van der Waals surface area contributed by atoms with Crippen molar-refractivity contribution >= 4 is 27.9 Å². The zero-order valence-electron chi connectivity index (χ0n) is 14.6. The van der Waals surface area contributed by atoms with Crippen LogP contribution in [0, 0.1) is 6.92 Å². The number of para-hydroxylation sites is 1. The van der Waals surface area contributed by atoms with E-state index in [0.29, 0.717) is 0 Å². The molecule has 2 aromatic heterocycles. The number of ether oxygens (including phenoxy) is 1. The Labute approximate surface area is 148 Å². The van der Waals surface area contributed by atoms with Crippen molar-refractivity contribution < 1.29 is 23.0 Å². The number of halogens is 1. The summed E-state index contributed by atoms with van der Waals surface area (Å²) < 4.78 is 11.3. The van der Waals surface area contributed by atoms with Crippen LogP contribution in [-0.2, 0) is 4.74 Å². The van der Waals surface area contributed by atoms with Crippen LogP contribution < -0.4 is 17.7 Å². The Hall–Kier alpha value is -1.89. The number of furan rings is 1. The minimum absolute atomic E-state index is 0. The number of rotatable bonds is 4. The summed E-state index contributed by atoms with van der Waals surface area (Å²) in [6, 6.07) is 7.96. The smallest absolute Gasteiger partial charge is 1.00 e. The molecular weight excluding hydrogens is 328 g/mol. The van der Waals surface area contributed by atoms with E-state index in [-0.39, 0.29) is 13.8 Å². The molecule has 24 heavy (non-hydrogen) atoms. The number of hydrogen-bond donors (Lipinski definition) is 1. The van der Waals surface area contributed by atoms with Crippen LogP contribution in [-0.4, -0.2) is 54.3 Å². The summed E-state index contributed by atoms with van der Waals surface area (Å²) in [6.07, 6.45) is 0. The van der Waals surface area contributed by atoms with Gasteiger partial charge in [-0.25, -0.2) is 9.97 Å². The predicted octanol–water partition coefficient (Wildman–Crippen LogP) is -0.455. The van der Waals surface area contributed by atoms with Crippen LogP contribution >= 0.6 is 0 Å². The van der Waals surface area contributed by atoms with Crippen molar-refractivity contribution in [2.75, 3.05) is 44.7 Å². The largest absolute Gasteiger partial charge is 1.00 e. The van der Waals surface area contributed by atoms with E-state index in [1.165, 1.54) is 0 Å². The monoisotopic (exact) mass is 348 g/mol. The van der Waals surface area contributed by atoms with Crippen LogP contribution in [0.5, 0.6) is 0 Å². The summed E-state index contributed by atoms with van der Waals surface area (Å²) in [5, 5.41) is 4.44. The Balaban J connectivity index is 0.00000113. The van der Waals surface area contributed by atoms with Crippen LogP contribution in [0.15, 0.2) is 28.7 Å². The van der Waals surface area contributed by atoms with Crippen LogP contribution in [0.25, 0.3) is 22.1 Å². The number of nitrogens with one attached hydrogen (secondary N) is 1. The molecule has 0 radical (unpaired) electrons.